The quantitative estimate of drug-likeness (QED) is 0.284. The van der Waals surface area contributed by atoms with Crippen LogP contribution >= 0.6 is 15.9 Å². The van der Waals surface area contributed by atoms with Crippen molar-refractivity contribution in [2.24, 2.45) is 0 Å². The minimum atomic E-state index is -6.21. The van der Waals surface area contributed by atoms with Crippen LogP contribution in [0.3, 0.4) is 0 Å². The SMILES string of the molecule is C=C(CBr)C(=O)OC(O)(C(F)(F)F)C(F)(F)F. The van der Waals surface area contributed by atoms with E-state index in [-0.39, 0.29) is 0 Å². The zero-order valence-electron chi connectivity index (χ0n) is 7.82. The third-order valence-electron chi connectivity index (χ3n) is 1.46. The summed E-state index contributed by atoms with van der Waals surface area (Å²) >= 11 is 2.58. The van der Waals surface area contributed by atoms with Gasteiger partial charge in [-0.25, -0.2) is 4.79 Å². The van der Waals surface area contributed by atoms with Crippen LogP contribution in [0.1, 0.15) is 0 Å². The van der Waals surface area contributed by atoms with Crippen LogP contribution in [0.15, 0.2) is 12.2 Å². The maximum absolute atomic E-state index is 12.0. The molecule has 3 nitrogen and oxygen atoms in total. The zero-order valence-corrected chi connectivity index (χ0v) is 9.41. The molecule has 0 amide bonds. The highest BCUT2D eigenvalue weighted by Crippen LogP contribution is 2.44. The van der Waals surface area contributed by atoms with Gasteiger partial charge in [-0.1, -0.05) is 22.5 Å². The molecule has 100 valence electrons. The van der Waals surface area contributed by atoms with Crippen LogP contribution in [0.4, 0.5) is 26.3 Å². The molecule has 0 unspecified atom stereocenters. The second-order valence-electron chi connectivity index (χ2n) is 2.77. The van der Waals surface area contributed by atoms with Gasteiger partial charge in [0.25, 0.3) is 0 Å². The second kappa shape index (κ2) is 4.84. The Kier molecular flexibility index (Phi) is 4.63. The standard InChI is InChI=1S/C7H5BrF6O3/c1-3(2-8)4(15)17-5(16,6(9,10)11)7(12,13)14/h16H,1-2H2. The van der Waals surface area contributed by atoms with E-state index in [9.17, 15) is 31.1 Å². The van der Waals surface area contributed by atoms with Crippen LogP contribution in [0.5, 0.6) is 0 Å². The number of rotatable bonds is 3. The summed E-state index contributed by atoms with van der Waals surface area (Å²) in [4.78, 5) is 10.8. The fourth-order valence-electron chi connectivity index (χ4n) is 0.537. The molecular formula is C7H5BrF6O3. The summed E-state index contributed by atoms with van der Waals surface area (Å²) < 4.78 is 75.3. The van der Waals surface area contributed by atoms with Gasteiger partial charge in [-0.2, -0.15) is 26.3 Å². The molecule has 1 N–H and O–H groups in total. The van der Waals surface area contributed by atoms with Gasteiger partial charge >= 0.3 is 24.1 Å². The van der Waals surface area contributed by atoms with E-state index in [2.05, 4.69) is 27.2 Å². The van der Waals surface area contributed by atoms with E-state index in [1.165, 1.54) is 0 Å². The van der Waals surface area contributed by atoms with Crippen molar-refractivity contribution in [3.05, 3.63) is 12.2 Å². The number of esters is 1. The topological polar surface area (TPSA) is 46.5 Å². The molecule has 0 rings (SSSR count). The average Bonchev–Trinajstić information content (AvgIpc) is 2.12. The van der Waals surface area contributed by atoms with Gasteiger partial charge in [-0.05, 0) is 0 Å². The number of hydrogen-bond donors (Lipinski definition) is 1. The Bertz CT molecular complexity index is 307. The summed E-state index contributed by atoms with van der Waals surface area (Å²) in [6.07, 6.45) is -12.4. The van der Waals surface area contributed by atoms with Gasteiger partial charge in [-0.15, -0.1) is 0 Å². The highest BCUT2D eigenvalue weighted by Gasteiger charge is 2.74. The van der Waals surface area contributed by atoms with Crippen LogP contribution in [-0.2, 0) is 9.53 Å². The molecule has 0 aromatic heterocycles. The Morgan fingerprint density at radius 2 is 1.53 bits per heavy atom. The number of halogens is 7. The zero-order chi connectivity index (χ0) is 14.1. The largest absolute Gasteiger partial charge is 0.465 e. The minimum absolute atomic E-state index is 0.405. The molecule has 0 fully saturated rings. The summed E-state index contributed by atoms with van der Waals surface area (Å²) in [7, 11) is 0. The van der Waals surface area contributed by atoms with Gasteiger partial charge in [0.15, 0.2) is 0 Å². The number of ether oxygens (including phenoxy) is 1. The molecule has 0 radical (unpaired) electrons. The lowest BCUT2D eigenvalue weighted by molar-refractivity contribution is -0.443. The van der Waals surface area contributed by atoms with Gasteiger partial charge in [0, 0.05) is 10.9 Å². The van der Waals surface area contributed by atoms with Gasteiger partial charge in [-0.3, -0.25) is 0 Å². The predicted molar refractivity (Wildman–Crippen MR) is 46.1 cm³/mol. The molecule has 0 bridgehead atoms. The van der Waals surface area contributed by atoms with Crippen LogP contribution in [0, 0.1) is 0 Å². The van der Waals surface area contributed by atoms with E-state index >= 15 is 0 Å². The van der Waals surface area contributed by atoms with Crippen molar-refractivity contribution >= 4 is 21.9 Å². The van der Waals surface area contributed by atoms with E-state index < -0.39 is 35.0 Å². The van der Waals surface area contributed by atoms with Crippen LogP contribution in [0.25, 0.3) is 0 Å². The molecule has 0 spiro atoms. The molecule has 0 saturated heterocycles. The lowest BCUT2D eigenvalue weighted by atomic mass is 10.2. The highest BCUT2D eigenvalue weighted by atomic mass is 79.9. The maximum Gasteiger partial charge on any atom is 0.465 e. The Hall–Kier alpha value is -0.770. The van der Waals surface area contributed by atoms with Crippen molar-refractivity contribution in [3.63, 3.8) is 0 Å². The van der Waals surface area contributed by atoms with Gasteiger partial charge < -0.3 is 9.84 Å². The average molecular weight is 331 g/mol. The number of carbonyl (C=O) groups excluding carboxylic acids is 1. The molecular weight excluding hydrogens is 326 g/mol. The van der Waals surface area contributed by atoms with E-state index in [0.717, 1.165) is 0 Å². The van der Waals surface area contributed by atoms with Crippen molar-refractivity contribution in [2.45, 2.75) is 18.1 Å². The van der Waals surface area contributed by atoms with Crippen molar-refractivity contribution in [3.8, 4) is 0 Å². The van der Waals surface area contributed by atoms with Crippen molar-refractivity contribution in [1.82, 2.24) is 0 Å². The Morgan fingerprint density at radius 3 is 1.76 bits per heavy atom. The van der Waals surface area contributed by atoms with E-state index in [1.54, 1.807) is 0 Å². The predicted octanol–water partition coefficient (Wildman–Crippen LogP) is 2.29. The molecule has 0 atom stereocenters. The van der Waals surface area contributed by atoms with Crippen LogP contribution < -0.4 is 0 Å². The normalized spacial score (nSPS) is 13.4. The molecule has 0 aliphatic carbocycles. The summed E-state index contributed by atoms with van der Waals surface area (Å²) in [5.41, 5.74) is -0.711. The van der Waals surface area contributed by atoms with Gasteiger partial charge in [0.05, 0.1) is 0 Å². The summed E-state index contributed by atoms with van der Waals surface area (Å²) in [5.74, 6) is -7.57. The Morgan fingerprint density at radius 1 is 1.18 bits per heavy atom. The summed E-state index contributed by atoms with van der Waals surface area (Å²) in [6.45, 7) is 2.85. The van der Waals surface area contributed by atoms with Crippen LogP contribution in [-0.4, -0.2) is 34.5 Å². The molecule has 0 heterocycles. The second-order valence-corrected chi connectivity index (χ2v) is 3.33. The Balaban J connectivity index is 5.27. The fourth-order valence-corrected chi connectivity index (χ4v) is 0.766. The molecule has 17 heavy (non-hydrogen) atoms. The summed E-state index contributed by atoms with van der Waals surface area (Å²) in [5, 5.41) is 8.04. The molecule has 0 aromatic rings. The first-order chi connectivity index (χ1) is 7.37. The Labute approximate surface area is 99.2 Å². The lowest BCUT2D eigenvalue weighted by Crippen LogP contribution is -2.59. The maximum atomic E-state index is 12.0. The third-order valence-corrected chi connectivity index (χ3v) is 2.14. The number of hydrogen-bond acceptors (Lipinski definition) is 3. The fraction of sp³-hybridized carbons (Fsp3) is 0.571. The van der Waals surface area contributed by atoms with Gasteiger partial charge in [0.2, 0.25) is 0 Å². The molecule has 10 heteroatoms. The monoisotopic (exact) mass is 330 g/mol. The van der Waals surface area contributed by atoms with E-state index in [4.69, 9.17) is 5.11 Å². The molecule has 0 saturated carbocycles. The van der Waals surface area contributed by atoms with Crippen LogP contribution in [0.2, 0.25) is 0 Å². The van der Waals surface area contributed by atoms with E-state index in [1.807, 2.05) is 0 Å². The van der Waals surface area contributed by atoms with E-state index in [0.29, 0.717) is 0 Å². The first-order valence-electron chi connectivity index (χ1n) is 3.69. The summed E-state index contributed by atoms with van der Waals surface area (Å²) in [6, 6.07) is 0. The van der Waals surface area contributed by atoms with Gasteiger partial charge in [0.1, 0.15) is 0 Å². The van der Waals surface area contributed by atoms with Crippen molar-refractivity contribution < 1.29 is 41.0 Å². The van der Waals surface area contributed by atoms with Crippen molar-refractivity contribution in [1.29, 1.82) is 0 Å². The first-order valence-corrected chi connectivity index (χ1v) is 4.82. The number of aliphatic hydroxyl groups is 1. The smallest absolute Gasteiger partial charge is 0.412 e. The lowest BCUT2D eigenvalue weighted by Gasteiger charge is -2.31. The molecule has 0 aliphatic heterocycles. The number of carbonyl (C=O) groups is 1. The molecule has 0 aromatic carbocycles. The highest BCUT2D eigenvalue weighted by molar-refractivity contribution is 9.09. The van der Waals surface area contributed by atoms with Crippen molar-refractivity contribution in [2.75, 3.05) is 5.33 Å². The third kappa shape index (κ3) is 3.35. The first kappa shape index (κ1) is 16.2. The minimum Gasteiger partial charge on any atom is -0.412 e. The molecule has 0 aliphatic rings. The number of alkyl halides is 7.